The van der Waals surface area contributed by atoms with Crippen molar-refractivity contribution < 1.29 is 4.92 Å². The van der Waals surface area contributed by atoms with Crippen LogP contribution in [0.3, 0.4) is 0 Å². The Labute approximate surface area is 52.8 Å². The first-order chi connectivity index (χ1) is 4.22. The molecule has 1 unspecified atom stereocenters. The lowest BCUT2D eigenvalue weighted by Crippen LogP contribution is -2.39. The van der Waals surface area contributed by atoms with Gasteiger partial charge in [0.2, 0.25) is 0 Å². The SMILES string of the molecule is CN1C[CH]NC1[N+](=O)[O-]. The average Bonchev–Trinajstić information content (AvgIpc) is 2.13. The summed E-state index contributed by atoms with van der Waals surface area (Å²) in [7, 11) is 1.70. The second-order valence-corrected chi connectivity index (χ2v) is 1.97. The van der Waals surface area contributed by atoms with Crippen molar-refractivity contribution in [3.63, 3.8) is 0 Å². The number of nitrogens with zero attached hydrogens (tertiary/aromatic N) is 2. The van der Waals surface area contributed by atoms with Crippen LogP contribution in [0, 0.1) is 16.7 Å². The minimum Gasteiger partial charge on any atom is -0.262 e. The molecule has 1 aliphatic rings. The summed E-state index contributed by atoms with van der Waals surface area (Å²) in [5.41, 5.74) is 0. The Bertz CT molecular complexity index is 127. The summed E-state index contributed by atoms with van der Waals surface area (Å²) in [5.74, 6) is 0. The van der Waals surface area contributed by atoms with Crippen molar-refractivity contribution in [2.75, 3.05) is 13.6 Å². The number of nitrogens with one attached hydrogen (secondary N) is 1. The molecule has 5 heteroatoms. The number of rotatable bonds is 1. The van der Waals surface area contributed by atoms with Gasteiger partial charge in [-0.05, 0) is 7.05 Å². The van der Waals surface area contributed by atoms with Crippen LogP contribution in [0.15, 0.2) is 0 Å². The summed E-state index contributed by atoms with van der Waals surface area (Å²) < 4.78 is 0. The van der Waals surface area contributed by atoms with Gasteiger partial charge in [-0.1, -0.05) is 0 Å². The van der Waals surface area contributed by atoms with E-state index in [0.717, 1.165) is 0 Å². The van der Waals surface area contributed by atoms with E-state index < -0.39 is 6.29 Å². The van der Waals surface area contributed by atoms with Crippen LogP contribution in [0.2, 0.25) is 0 Å². The van der Waals surface area contributed by atoms with E-state index in [1.165, 1.54) is 0 Å². The zero-order valence-electron chi connectivity index (χ0n) is 5.07. The molecule has 0 aliphatic carbocycles. The normalized spacial score (nSPS) is 28.8. The van der Waals surface area contributed by atoms with Gasteiger partial charge in [-0.2, -0.15) is 0 Å². The molecule has 51 valence electrons. The van der Waals surface area contributed by atoms with E-state index in [1.54, 1.807) is 18.5 Å². The highest BCUT2D eigenvalue weighted by atomic mass is 16.6. The topological polar surface area (TPSA) is 58.4 Å². The van der Waals surface area contributed by atoms with Crippen LogP contribution in [0.1, 0.15) is 0 Å². The van der Waals surface area contributed by atoms with Crippen molar-refractivity contribution in [2.24, 2.45) is 0 Å². The molecule has 1 N–H and O–H groups in total. The van der Waals surface area contributed by atoms with Gasteiger partial charge in [0.05, 0.1) is 4.92 Å². The molecule has 5 nitrogen and oxygen atoms in total. The Morgan fingerprint density at radius 1 is 2.00 bits per heavy atom. The minimum absolute atomic E-state index is 0.358. The first-order valence-electron chi connectivity index (χ1n) is 2.63. The average molecular weight is 130 g/mol. The summed E-state index contributed by atoms with van der Waals surface area (Å²) >= 11 is 0. The van der Waals surface area contributed by atoms with Crippen LogP contribution in [0.5, 0.6) is 0 Å². The summed E-state index contributed by atoms with van der Waals surface area (Å²) in [4.78, 5) is 11.3. The zero-order chi connectivity index (χ0) is 6.85. The monoisotopic (exact) mass is 130 g/mol. The van der Waals surface area contributed by atoms with E-state index in [-0.39, 0.29) is 4.92 Å². The highest BCUT2D eigenvalue weighted by molar-refractivity contribution is 4.76. The largest absolute Gasteiger partial charge is 0.325 e. The molecule has 0 bridgehead atoms. The van der Waals surface area contributed by atoms with Gasteiger partial charge in [-0.25, -0.2) is 10.2 Å². The van der Waals surface area contributed by atoms with E-state index >= 15 is 0 Å². The fraction of sp³-hybridized carbons (Fsp3) is 0.750. The predicted molar refractivity (Wildman–Crippen MR) is 30.8 cm³/mol. The standard InChI is InChI=1S/C4H8N3O2/c1-6-3-2-5-4(6)7(8)9/h2,4-5H,3H2,1H3. The van der Waals surface area contributed by atoms with Gasteiger partial charge in [0, 0.05) is 13.1 Å². The maximum absolute atomic E-state index is 10.1. The predicted octanol–water partition coefficient (Wildman–Crippen LogP) is -0.757. The van der Waals surface area contributed by atoms with Gasteiger partial charge in [-0.15, -0.1) is 0 Å². The summed E-state index contributed by atoms with van der Waals surface area (Å²) in [5, 5.41) is 12.7. The fourth-order valence-corrected chi connectivity index (χ4v) is 0.751. The van der Waals surface area contributed by atoms with Crippen LogP contribution in [0.4, 0.5) is 0 Å². The van der Waals surface area contributed by atoms with E-state index in [0.29, 0.717) is 6.54 Å². The van der Waals surface area contributed by atoms with E-state index in [4.69, 9.17) is 0 Å². The smallest absolute Gasteiger partial charge is 0.262 e. The van der Waals surface area contributed by atoms with Crippen molar-refractivity contribution >= 4 is 0 Å². The number of hydrogen-bond donors (Lipinski definition) is 1. The molecular weight excluding hydrogens is 122 g/mol. The van der Waals surface area contributed by atoms with Crippen LogP contribution in [-0.4, -0.2) is 29.7 Å². The maximum Gasteiger partial charge on any atom is 0.325 e. The minimum atomic E-state index is -0.718. The fourth-order valence-electron chi connectivity index (χ4n) is 0.751. The third-order valence-corrected chi connectivity index (χ3v) is 1.26. The van der Waals surface area contributed by atoms with Gasteiger partial charge >= 0.3 is 6.29 Å². The maximum atomic E-state index is 10.1. The molecule has 0 amide bonds. The van der Waals surface area contributed by atoms with Crippen molar-refractivity contribution in [3.8, 4) is 0 Å². The quantitative estimate of drug-likeness (QED) is 0.374. The van der Waals surface area contributed by atoms with E-state index in [1.807, 2.05) is 0 Å². The van der Waals surface area contributed by atoms with Gasteiger partial charge < -0.3 is 0 Å². The zero-order valence-corrected chi connectivity index (χ0v) is 5.07. The van der Waals surface area contributed by atoms with Crippen molar-refractivity contribution in [3.05, 3.63) is 16.7 Å². The molecule has 0 aromatic rings. The highest BCUT2D eigenvalue weighted by Crippen LogP contribution is 2.01. The third-order valence-electron chi connectivity index (χ3n) is 1.26. The van der Waals surface area contributed by atoms with Crippen molar-refractivity contribution in [2.45, 2.75) is 6.29 Å². The van der Waals surface area contributed by atoms with E-state index in [9.17, 15) is 10.1 Å². The highest BCUT2D eigenvalue weighted by Gasteiger charge is 2.29. The number of hydrogen-bond acceptors (Lipinski definition) is 4. The Morgan fingerprint density at radius 2 is 2.67 bits per heavy atom. The van der Waals surface area contributed by atoms with Crippen molar-refractivity contribution in [1.82, 2.24) is 10.2 Å². The summed E-state index contributed by atoms with van der Waals surface area (Å²) in [6, 6.07) is 0. The van der Waals surface area contributed by atoms with Crippen LogP contribution >= 0.6 is 0 Å². The van der Waals surface area contributed by atoms with Crippen LogP contribution < -0.4 is 5.32 Å². The van der Waals surface area contributed by atoms with Gasteiger partial charge in [-0.3, -0.25) is 10.1 Å². The number of nitro groups is 1. The molecule has 1 aliphatic heterocycles. The molecule has 1 radical (unpaired) electrons. The summed E-state index contributed by atoms with van der Waals surface area (Å²) in [6.45, 7) is 2.30. The lowest BCUT2D eigenvalue weighted by atomic mass is 10.7. The Hall–Kier alpha value is -0.680. The summed E-state index contributed by atoms with van der Waals surface area (Å²) in [6.07, 6.45) is -0.718. The Balaban J connectivity index is 2.49. The van der Waals surface area contributed by atoms with Crippen LogP contribution in [-0.2, 0) is 0 Å². The molecular formula is C4H8N3O2. The molecule has 1 rings (SSSR count). The molecule has 1 fully saturated rings. The molecule has 0 spiro atoms. The molecule has 1 atom stereocenters. The Morgan fingerprint density at radius 3 is 2.89 bits per heavy atom. The van der Waals surface area contributed by atoms with Gasteiger partial charge in [0.25, 0.3) is 0 Å². The number of likely N-dealkylation sites (N-methyl/N-ethyl adjacent to an activating group) is 1. The molecule has 9 heavy (non-hydrogen) atoms. The van der Waals surface area contributed by atoms with E-state index in [2.05, 4.69) is 5.32 Å². The van der Waals surface area contributed by atoms with Gasteiger partial charge in [0.15, 0.2) is 0 Å². The van der Waals surface area contributed by atoms with Crippen LogP contribution in [0.25, 0.3) is 0 Å². The van der Waals surface area contributed by atoms with Crippen molar-refractivity contribution in [1.29, 1.82) is 0 Å². The van der Waals surface area contributed by atoms with Gasteiger partial charge in [0.1, 0.15) is 0 Å². The Kier molecular flexibility index (Phi) is 1.63. The third kappa shape index (κ3) is 1.17. The molecule has 1 heterocycles. The second kappa shape index (κ2) is 2.28. The molecule has 1 saturated heterocycles. The molecule has 0 aromatic carbocycles. The first-order valence-corrected chi connectivity index (χ1v) is 2.63. The lowest BCUT2D eigenvalue weighted by Gasteiger charge is -2.08. The molecule has 0 saturated carbocycles. The first kappa shape index (κ1) is 6.44. The molecule has 0 aromatic heterocycles. The lowest BCUT2D eigenvalue weighted by molar-refractivity contribution is -0.549. The second-order valence-electron chi connectivity index (χ2n) is 1.97.